The van der Waals surface area contributed by atoms with Crippen molar-refractivity contribution in [2.24, 2.45) is 5.92 Å². The molecule has 79 heavy (non-hydrogen) atoms. The molecule has 0 spiro atoms. The quantitative estimate of drug-likeness (QED) is 0.137. The first-order chi connectivity index (χ1) is 42.2. The van der Waals surface area contributed by atoms with Crippen LogP contribution in [-0.4, -0.2) is 16.2 Å². The molecule has 0 N–H and O–H groups in total. The SMILES string of the molecule is [2H]c1c([2H])c([2H])c(-c2cccc(-c3cc(C(C)(C)C)cc(C(C)(C)C)c3)c2N2CN(c3cccc(Oc4ccc5c6c([2H])c([2H])c([2H])c([2H])c6n(-c6cc(C([2H])([2H])C(C)C)c(-c7cccc8c7C(C)(C)CCC8(C)C)cn6)c5c4)c3)c3ccccc32)c([2H])c1[2H]. The van der Waals surface area contributed by atoms with Crippen LogP contribution in [0.5, 0.6) is 11.5 Å². The summed E-state index contributed by atoms with van der Waals surface area (Å²) in [6, 6.07) is 38.6. The molecule has 5 heteroatoms. The van der Waals surface area contributed by atoms with Crippen LogP contribution in [0.1, 0.15) is 139 Å². The third-order valence-corrected chi connectivity index (χ3v) is 16.2. The summed E-state index contributed by atoms with van der Waals surface area (Å²) >= 11 is 0. The van der Waals surface area contributed by atoms with Gasteiger partial charge in [-0.3, -0.25) is 4.57 Å². The monoisotopic (exact) mass is 1050 g/mol. The van der Waals surface area contributed by atoms with Crippen molar-refractivity contribution in [1.29, 1.82) is 0 Å². The molecule has 0 radical (unpaired) electrons. The summed E-state index contributed by atoms with van der Waals surface area (Å²) in [6.07, 6.45) is 1.85. The summed E-state index contributed by atoms with van der Waals surface area (Å²) in [5, 5.41) is 0.838. The van der Waals surface area contributed by atoms with Gasteiger partial charge in [0.05, 0.1) is 40.4 Å². The van der Waals surface area contributed by atoms with Crippen LogP contribution in [0.4, 0.5) is 22.7 Å². The van der Waals surface area contributed by atoms with Gasteiger partial charge >= 0.3 is 0 Å². The molecular formula is C74H76N4O. The Balaban J connectivity index is 0.993. The Hall–Kier alpha value is -7.89. The average Bonchev–Trinajstić information content (AvgIpc) is 1.52. The van der Waals surface area contributed by atoms with Gasteiger partial charge in [-0.15, -0.1) is 0 Å². The van der Waals surface area contributed by atoms with E-state index in [9.17, 15) is 8.22 Å². The molecule has 12 rings (SSSR count). The predicted molar refractivity (Wildman–Crippen MR) is 335 cm³/mol. The number of aromatic nitrogens is 2. The summed E-state index contributed by atoms with van der Waals surface area (Å²) in [5.74, 6) is 0.719. The molecule has 2 aliphatic rings. The van der Waals surface area contributed by atoms with Gasteiger partial charge in [-0.05, 0) is 140 Å². The lowest BCUT2D eigenvalue weighted by Crippen LogP contribution is -2.34. The third-order valence-electron chi connectivity index (χ3n) is 16.2. The maximum Gasteiger partial charge on any atom is 0.137 e. The molecular weight excluding hydrogens is 961 g/mol. The average molecular weight is 1050 g/mol. The van der Waals surface area contributed by atoms with Gasteiger partial charge in [0.25, 0.3) is 0 Å². The number of anilines is 4. The Morgan fingerprint density at radius 1 is 0.582 bits per heavy atom. The zero-order chi connectivity index (χ0) is 64.8. The van der Waals surface area contributed by atoms with Gasteiger partial charge < -0.3 is 14.5 Å². The van der Waals surface area contributed by atoms with Crippen molar-refractivity contribution in [3.8, 4) is 50.7 Å². The fourth-order valence-electron chi connectivity index (χ4n) is 11.9. The molecule has 0 unspecified atom stereocenters. The first kappa shape index (κ1) is 40.3. The molecule has 8 aromatic carbocycles. The number of rotatable bonds is 10. The Kier molecular flexibility index (Phi) is 9.94. The number of ether oxygens (including phenoxy) is 1. The second-order valence-electron chi connectivity index (χ2n) is 25.2. The molecule has 3 heterocycles. The number of benzene rings is 8. The Bertz CT molecular complexity index is 4550. The van der Waals surface area contributed by atoms with Crippen LogP contribution in [0, 0.1) is 5.92 Å². The molecule has 1 aliphatic carbocycles. The van der Waals surface area contributed by atoms with Crippen LogP contribution in [0.3, 0.4) is 0 Å². The van der Waals surface area contributed by atoms with E-state index in [1.54, 1.807) is 29.0 Å². The van der Waals surface area contributed by atoms with Crippen molar-refractivity contribution in [1.82, 2.24) is 9.55 Å². The van der Waals surface area contributed by atoms with Crippen molar-refractivity contribution in [3.63, 3.8) is 0 Å². The van der Waals surface area contributed by atoms with Gasteiger partial charge in [-0.1, -0.05) is 204 Å². The van der Waals surface area contributed by atoms with E-state index in [4.69, 9.17) is 16.6 Å². The largest absolute Gasteiger partial charge is 0.457 e. The smallest absolute Gasteiger partial charge is 0.137 e. The second-order valence-corrected chi connectivity index (χ2v) is 25.2. The van der Waals surface area contributed by atoms with Crippen LogP contribution in [0.2, 0.25) is 0 Å². The van der Waals surface area contributed by atoms with Gasteiger partial charge in [0.1, 0.15) is 24.0 Å². The van der Waals surface area contributed by atoms with E-state index >= 15 is 0 Å². The van der Waals surface area contributed by atoms with Crippen LogP contribution >= 0.6 is 0 Å². The minimum atomic E-state index is -1.86. The molecule has 1 aliphatic heterocycles. The normalized spacial score (nSPS) is 17.2. The molecule has 0 bridgehead atoms. The topological polar surface area (TPSA) is 33.5 Å². The van der Waals surface area contributed by atoms with E-state index in [-0.39, 0.29) is 75.4 Å². The lowest BCUT2D eigenvalue weighted by Gasteiger charge is -2.43. The molecule has 0 atom stereocenters. The summed E-state index contributed by atoms with van der Waals surface area (Å²) < 4.78 is 109. The number of pyridine rings is 1. The number of nitrogens with zero attached hydrogens (tertiary/aromatic N) is 4. The molecule has 0 amide bonds. The predicted octanol–water partition coefficient (Wildman–Crippen LogP) is 20.4. The Labute approximate surface area is 485 Å². The third kappa shape index (κ3) is 9.49. The summed E-state index contributed by atoms with van der Waals surface area (Å²) in [7, 11) is 0. The van der Waals surface area contributed by atoms with Crippen molar-refractivity contribution >= 4 is 44.6 Å². The first-order valence-corrected chi connectivity index (χ1v) is 27.7. The van der Waals surface area contributed by atoms with Crippen LogP contribution in [-0.2, 0) is 28.0 Å². The zero-order valence-corrected chi connectivity index (χ0v) is 47.6. The van der Waals surface area contributed by atoms with Crippen LogP contribution in [0.25, 0.3) is 61.0 Å². The van der Waals surface area contributed by atoms with Crippen molar-refractivity contribution < 1.29 is 19.8 Å². The van der Waals surface area contributed by atoms with Gasteiger partial charge in [-0.2, -0.15) is 0 Å². The highest BCUT2D eigenvalue weighted by Crippen LogP contribution is 2.53. The maximum absolute atomic E-state index is 9.78. The van der Waals surface area contributed by atoms with Gasteiger partial charge in [0, 0.05) is 54.2 Å². The zero-order valence-electron chi connectivity index (χ0n) is 58.6. The van der Waals surface area contributed by atoms with Gasteiger partial charge in [-0.25, -0.2) is 4.98 Å². The summed E-state index contributed by atoms with van der Waals surface area (Å²) in [4.78, 5) is 9.48. The first-order valence-electron chi connectivity index (χ1n) is 33.2. The second kappa shape index (κ2) is 19.5. The minimum Gasteiger partial charge on any atom is -0.457 e. The number of hydrogen-bond acceptors (Lipinski definition) is 4. The van der Waals surface area contributed by atoms with Crippen molar-refractivity contribution in [3.05, 3.63) is 216 Å². The highest BCUT2D eigenvalue weighted by Gasteiger charge is 2.39. The highest BCUT2D eigenvalue weighted by molar-refractivity contribution is 6.09. The summed E-state index contributed by atoms with van der Waals surface area (Å²) in [5.41, 5.74) is 12.2. The minimum absolute atomic E-state index is 0.100. The Morgan fingerprint density at radius 3 is 1.94 bits per heavy atom. The highest BCUT2D eigenvalue weighted by atomic mass is 16.5. The molecule has 0 fully saturated rings. The molecule has 398 valence electrons. The van der Waals surface area contributed by atoms with Crippen LogP contribution < -0.4 is 14.5 Å². The fourth-order valence-corrected chi connectivity index (χ4v) is 11.9. The van der Waals surface area contributed by atoms with Gasteiger partial charge in [0.15, 0.2) is 0 Å². The van der Waals surface area contributed by atoms with Crippen molar-refractivity contribution in [2.45, 2.75) is 124 Å². The summed E-state index contributed by atoms with van der Waals surface area (Å²) in [6.45, 7) is 26.2. The number of hydrogen-bond donors (Lipinski definition) is 0. The maximum atomic E-state index is 9.78. The Morgan fingerprint density at radius 2 is 1.22 bits per heavy atom. The van der Waals surface area contributed by atoms with E-state index in [2.05, 4.69) is 122 Å². The van der Waals surface area contributed by atoms with E-state index in [0.29, 0.717) is 50.2 Å². The van der Waals surface area contributed by atoms with Gasteiger partial charge in [0.2, 0.25) is 0 Å². The standard InChI is InChI=1S/C74H76N4O/c1-48(2)39-50-42-68(75-46-62(50)61-30-22-31-63-69(61)74(11,12)38-37-73(63,9)10)78-64-32-17-16-27-59(64)60-36-35-56(45-67(60)78)79-55-26-20-25-54(44-55)76-47-77(66-34-19-18-33-65(66)76)70-57(49-23-14-13-15-24-49)28-21-29-58(70)51-40-52(71(3,4)5)43-53(41-51)72(6,7)8/h13-36,40-46,48H,37-39,47H2,1-12H3/i13D,14D,15D,16D,17D,23D,24D,27D,32D,39D2. The lowest BCUT2D eigenvalue weighted by molar-refractivity contribution is 0.333. The van der Waals surface area contributed by atoms with Crippen LogP contribution in [0.15, 0.2) is 188 Å². The van der Waals surface area contributed by atoms with E-state index in [0.717, 1.165) is 57.7 Å². The molecule has 0 saturated heterocycles. The molecule has 10 aromatic rings. The molecule has 5 nitrogen and oxygen atoms in total. The van der Waals surface area contributed by atoms with E-state index < -0.39 is 36.5 Å². The van der Waals surface area contributed by atoms with E-state index in [1.807, 2.05) is 80.6 Å². The number of fused-ring (bicyclic) bond motifs is 5. The fraction of sp³-hybridized carbons (Fsp3) is 0.284. The number of para-hydroxylation sites is 4. The van der Waals surface area contributed by atoms with Crippen molar-refractivity contribution in [2.75, 3.05) is 16.5 Å². The van der Waals surface area contributed by atoms with E-state index in [1.165, 1.54) is 11.1 Å². The molecule has 0 saturated carbocycles. The lowest BCUT2D eigenvalue weighted by atomic mass is 9.61. The molecule has 2 aromatic heterocycles.